The highest BCUT2D eigenvalue weighted by molar-refractivity contribution is 5.57. The van der Waals surface area contributed by atoms with Gasteiger partial charge in [-0.1, -0.05) is 12.1 Å². The van der Waals surface area contributed by atoms with Crippen LogP contribution < -0.4 is 5.32 Å². The predicted octanol–water partition coefficient (Wildman–Crippen LogP) is 1.93. The number of hydrogen-bond acceptors (Lipinski definition) is 2. The number of fused-ring (bicyclic) bond motifs is 1. The van der Waals surface area contributed by atoms with Crippen LogP contribution in [0.4, 0.5) is 4.39 Å². The zero-order chi connectivity index (χ0) is 11.0. The summed E-state index contributed by atoms with van der Waals surface area (Å²) < 4.78 is 13.5. The number of nitrogens with one attached hydrogen (secondary N) is 1. The summed E-state index contributed by atoms with van der Waals surface area (Å²) in [6, 6.07) is 5.89. The number of aliphatic imine (C=N–C) groups is 1. The average Bonchev–Trinajstić information content (AvgIpc) is 2.88. The molecule has 1 N–H and O–H groups in total. The van der Waals surface area contributed by atoms with Gasteiger partial charge in [-0.05, 0) is 42.4 Å². The largest absolute Gasteiger partial charge is 0.372 e. The molecule has 2 atom stereocenters. The van der Waals surface area contributed by atoms with E-state index in [0.29, 0.717) is 12.0 Å². The quantitative estimate of drug-likeness (QED) is 0.806. The Bertz CT molecular complexity index is 420. The Balaban J connectivity index is 1.68. The second kappa shape index (κ2) is 3.89. The first-order valence-corrected chi connectivity index (χ1v) is 5.83. The van der Waals surface area contributed by atoms with Crippen molar-refractivity contribution in [1.82, 2.24) is 5.32 Å². The smallest absolute Gasteiger partial charge is 0.126 e. The molecule has 1 aliphatic carbocycles. The van der Waals surface area contributed by atoms with Crippen LogP contribution in [0.1, 0.15) is 17.5 Å². The maximum Gasteiger partial charge on any atom is 0.126 e. The molecule has 0 fully saturated rings. The van der Waals surface area contributed by atoms with Gasteiger partial charge in [-0.3, -0.25) is 4.99 Å². The third-order valence-corrected chi connectivity index (χ3v) is 3.56. The molecule has 3 rings (SSSR count). The molecule has 0 bridgehead atoms. The normalized spacial score (nSPS) is 26.8. The van der Waals surface area contributed by atoms with Crippen molar-refractivity contribution in [2.45, 2.75) is 25.3 Å². The van der Waals surface area contributed by atoms with Gasteiger partial charge in [0.2, 0.25) is 0 Å². The van der Waals surface area contributed by atoms with Crippen molar-refractivity contribution >= 4 is 6.34 Å². The summed E-state index contributed by atoms with van der Waals surface area (Å²) in [6.07, 6.45) is 4.78. The zero-order valence-electron chi connectivity index (χ0n) is 9.12. The maximum atomic E-state index is 13.5. The van der Waals surface area contributed by atoms with E-state index in [4.69, 9.17) is 0 Å². The topological polar surface area (TPSA) is 24.4 Å². The van der Waals surface area contributed by atoms with E-state index in [1.54, 1.807) is 12.4 Å². The van der Waals surface area contributed by atoms with Gasteiger partial charge in [0.05, 0.1) is 12.9 Å². The van der Waals surface area contributed by atoms with Crippen LogP contribution in [0.2, 0.25) is 0 Å². The van der Waals surface area contributed by atoms with Crippen LogP contribution >= 0.6 is 0 Å². The molecular weight excluding hydrogens is 203 g/mol. The van der Waals surface area contributed by atoms with Gasteiger partial charge in [0.25, 0.3) is 0 Å². The summed E-state index contributed by atoms with van der Waals surface area (Å²) in [5, 5.41) is 3.24. The minimum absolute atomic E-state index is 0.0318. The molecule has 1 aliphatic heterocycles. The molecule has 0 aromatic heterocycles. The highest BCUT2D eigenvalue weighted by Gasteiger charge is 2.26. The monoisotopic (exact) mass is 218 g/mol. The molecule has 0 spiro atoms. The second-order valence-corrected chi connectivity index (χ2v) is 4.75. The Morgan fingerprint density at radius 2 is 2.31 bits per heavy atom. The van der Waals surface area contributed by atoms with Gasteiger partial charge in [0.15, 0.2) is 0 Å². The first kappa shape index (κ1) is 9.82. The van der Waals surface area contributed by atoms with E-state index >= 15 is 0 Å². The molecule has 0 amide bonds. The molecule has 0 radical (unpaired) electrons. The van der Waals surface area contributed by atoms with Crippen molar-refractivity contribution < 1.29 is 4.39 Å². The average molecular weight is 218 g/mol. The third kappa shape index (κ3) is 1.70. The molecule has 2 nitrogen and oxygen atoms in total. The van der Waals surface area contributed by atoms with E-state index in [9.17, 15) is 4.39 Å². The summed E-state index contributed by atoms with van der Waals surface area (Å²) in [5.74, 6) is 0.543. The fourth-order valence-electron chi connectivity index (χ4n) is 2.80. The lowest BCUT2D eigenvalue weighted by atomic mass is 9.97. The SMILES string of the molecule is Fc1cccc2c1C[C@@H](C[C@H]1CN=CN1)C2. The molecule has 16 heavy (non-hydrogen) atoms. The number of halogens is 1. The molecular formula is C13H15FN2. The number of nitrogens with zero attached hydrogens (tertiary/aromatic N) is 1. The lowest BCUT2D eigenvalue weighted by Crippen LogP contribution is -2.27. The number of benzene rings is 1. The predicted molar refractivity (Wildman–Crippen MR) is 62.2 cm³/mol. The van der Waals surface area contributed by atoms with Crippen LogP contribution in [0.3, 0.4) is 0 Å². The van der Waals surface area contributed by atoms with Crippen LogP contribution in [0.5, 0.6) is 0 Å². The standard InChI is InChI=1S/C13H15FN2/c14-13-3-1-2-10-4-9(6-12(10)13)5-11-7-15-8-16-11/h1-3,8-9,11H,4-7H2,(H,15,16)/t9-,11+/m1/s1. The summed E-state index contributed by atoms with van der Waals surface area (Å²) in [5.41, 5.74) is 2.13. The van der Waals surface area contributed by atoms with E-state index in [1.165, 1.54) is 5.56 Å². The molecule has 1 aromatic rings. The van der Waals surface area contributed by atoms with Crippen LogP contribution in [0, 0.1) is 11.7 Å². The van der Waals surface area contributed by atoms with E-state index in [-0.39, 0.29) is 5.82 Å². The van der Waals surface area contributed by atoms with E-state index < -0.39 is 0 Å². The zero-order valence-corrected chi connectivity index (χ0v) is 9.12. The second-order valence-electron chi connectivity index (χ2n) is 4.75. The van der Waals surface area contributed by atoms with Crippen molar-refractivity contribution in [1.29, 1.82) is 0 Å². The van der Waals surface area contributed by atoms with Crippen LogP contribution in [0.15, 0.2) is 23.2 Å². The van der Waals surface area contributed by atoms with Crippen LogP contribution in [-0.2, 0) is 12.8 Å². The van der Waals surface area contributed by atoms with Crippen molar-refractivity contribution in [2.24, 2.45) is 10.9 Å². The molecule has 84 valence electrons. The highest BCUT2D eigenvalue weighted by atomic mass is 19.1. The van der Waals surface area contributed by atoms with E-state index in [0.717, 1.165) is 31.4 Å². The van der Waals surface area contributed by atoms with Crippen molar-refractivity contribution in [3.63, 3.8) is 0 Å². The summed E-state index contributed by atoms with van der Waals surface area (Å²) in [4.78, 5) is 4.16. The molecule has 1 heterocycles. The van der Waals surface area contributed by atoms with E-state index in [2.05, 4.69) is 16.4 Å². The molecule has 0 unspecified atom stereocenters. The molecule has 3 heteroatoms. The van der Waals surface area contributed by atoms with Crippen molar-refractivity contribution in [2.75, 3.05) is 6.54 Å². The molecule has 2 aliphatic rings. The summed E-state index contributed by atoms with van der Waals surface area (Å²) >= 11 is 0. The number of hydrogen-bond donors (Lipinski definition) is 1. The number of rotatable bonds is 2. The van der Waals surface area contributed by atoms with Crippen LogP contribution in [-0.4, -0.2) is 18.9 Å². The Labute approximate surface area is 94.6 Å². The summed E-state index contributed by atoms with van der Waals surface area (Å²) in [6.45, 7) is 0.870. The van der Waals surface area contributed by atoms with Gasteiger partial charge >= 0.3 is 0 Å². The van der Waals surface area contributed by atoms with Crippen molar-refractivity contribution in [3.05, 3.63) is 35.1 Å². The lowest BCUT2D eigenvalue weighted by Gasteiger charge is -2.14. The van der Waals surface area contributed by atoms with Crippen LogP contribution in [0.25, 0.3) is 0 Å². The van der Waals surface area contributed by atoms with E-state index in [1.807, 2.05) is 6.07 Å². The molecule has 0 saturated carbocycles. The fourth-order valence-corrected chi connectivity index (χ4v) is 2.80. The Hall–Kier alpha value is -1.38. The summed E-state index contributed by atoms with van der Waals surface area (Å²) in [7, 11) is 0. The fraction of sp³-hybridized carbons (Fsp3) is 0.462. The van der Waals surface area contributed by atoms with Gasteiger partial charge in [0, 0.05) is 6.04 Å². The van der Waals surface area contributed by atoms with Gasteiger partial charge in [-0.25, -0.2) is 4.39 Å². The Kier molecular flexibility index (Phi) is 2.39. The highest BCUT2D eigenvalue weighted by Crippen LogP contribution is 2.31. The van der Waals surface area contributed by atoms with Gasteiger partial charge in [0.1, 0.15) is 5.82 Å². The minimum Gasteiger partial charge on any atom is -0.372 e. The first-order valence-electron chi connectivity index (χ1n) is 5.83. The molecule has 0 saturated heterocycles. The van der Waals surface area contributed by atoms with Gasteiger partial charge in [-0.2, -0.15) is 0 Å². The first-order chi connectivity index (χ1) is 7.83. The third-order valence-electron chi connectivity index (χ3n) is 3.56. The Morgan fingerprint density at radius 1 is 1.38 bits per heavy atom. The Morgan fingerprint density at radius 3 is 3.06 bits per heavy atom. The van der Waals surface area contributed by atoms with Gasteiger partial charge in [-0.15, -0.1) is 0 Å². The van der Waals surface area contributed by atoms with Crippen molar-refractivity contribution in [3.8, 4) is 0 Å². The molecule has 1 aromatic carbocycles. The maximum absolute atomic E-state index is 13.5. The lowest BCUT2D eigenvalue weighted by molar-refractivity contribution is 0.442. The minimum atomic E-state index is -0.0318. The van der Waals surface area contributed by atoms with Gasteiger partial charge < -0.3 is 5.32 Å².